The first-order valence-electron chi connectivity index (χ1n) is 7.81. The number of hydrogen-bond acceptors (Lipinski definition) is 3. The van der Waals surface area contributed by atoms with Crippen molar-refractivity contribution in [1.29, 1.82) is 0 Å². The number of alkyl halides is 1. The highest BCUT2D eigenvalue weighted by Gasteiger charge is 2.11. The van der Waals surface area contributed by atoms with Crippen LogP contribution in [0.1, 0.15) is 10.4 Å². The summed E-state index contributed by atoms with van der Waals surface area (Å²) in [4.78, 5) is 34.9. The molecule has 0 atom stereocenters. The number of benzene rings is 2. The van der Waals surface area contributed by atoms with E-state index in [2.05, 4.69) is 16.0 Å². The fourth-order valence-corrected chi connectivity index (χ4v) is 2.61. The molecule has 0 saturated heterocycles. The number of nitrogens with zero attached hydrogens (tertiary/aromatic N) is 1. The molecule has 27 heavy (non-hydrogen) atoms. The molecular weight excluding hydrogens is 391 g/mol. The zero-order chi connectivity index (χ0) is 19.4. The van der Waals surface area contributed by atoms with E-state index in [1.54, 1.807) is 41.1 Å². The zero-order valence-corrected chi connectivity index (χ0v) is 15.3. The van der Waals surface area contributed by atoms with Gasteiger partial charge in [-0.25, -0.2) is 0 Å². The van der Waals surface area contributed by atoms with E-state index in [9.17, 15) is 14.4 Å². The Labute approximate surface area is 163 Å². The second-order valence-electron chi connectivity index (χ2n) is 5.53. The molecule has 0 aliphatic carbocycles. The van der Waals surface area contributed by atoms with E-state index in [1.807, 2.05) is 12.1 Å². The summed E-state index contributed by atoms with van der Waals surface area (Å²) in [6, 6.07) is 15.1. The van der Waals surface area contributed by atoms with Gasteiger partial charge >= 0.3 is 0 Å². The van der Waals surface area contributed by atoms with Crippen molar-refractivity contribution >= 4 is 35.0 Å². The summed E-state index contributed by atoms with van der Waals surface area (Å²) in [6.45, 7) is 0. The lowest BCUT2D eigenvalue weighted by atomic mass is 10.1. The molecule has 0 bridgehead atoms. The van der Waals surface area contributed by atoms with Gasteiger partial charge in [-0.15, -0.1) is 11.6 Å². The second kappa shape index (κ2) is 8.11. The van der Waals surface area contributed by atoms with Crippen LogP contribution in [0.5, 0.6) is 0 Å². The minimum absolute atomic E-state index is 0.256. The fourth-order valence-electron chi connectivity index (χ4n) is 2.42. The molecule has 0 radical (unpaired) electrons. The molecule has 0 spiro atoms. The van der Waals surface area contributed by atoms with Gasteiger partial charge in [0.1, 0.15) is 5.88 Å². The molecular formula is C18H14Cl2N4O3. The number of hydrazine groups is 1. The van der Waals surface area contributed by atoms with Crippen LogP contribution in [0, 0.1) is 0 Å². The molecule has 0 fully saturated rings. The summed E-state index contributed by atoms with van der Waals surface area (Å²) in [5, 5.41) is 3.32. The largest absolute Gasteiger partial charge is 0.272 e. The number of aromatic nitrogens is 2. The van der Waals surface area contributed by atoms with E-state index in [0.717, 1.165) is 5.56 Å². The average molecular weight is 405 g/mol. The number of amides is 2. The van der Waals surface area contributed by atoms with Gasteiger partial charge in [0, 0.05) is 22.2 Å². The van der Waals surface area contributed by atoms with Crippen molar-refractivity contribution in [1.82, 2.24) is 20.6 Å². The molecule has 7 nitrogen and oxygen atoms in total. The van der Waals surface area contributed by atoms with Gasteiger partial charge in [-0.1, -0.05) is 23.7 Å². The van der Waals surface area contributed by atoms with E-state index in [4.69, 9.17) is 23.2 Å². The number of hydrogen-bond donors (Lipinski definition) is 3. The van der Waals surface area contributed by atoms with E-state index in [1.165, 1.54) is 6.07 Å². The number of nitrogens with one attached hydrogen (secondary N) is 3. The lowest BCUT2D eigenvalue weighted by molar-refractivity contribution is -0.119. The molecule has 2 aromatic carbocycles. The lowest BCUT2D eigenvalue weighted by Gasteiger charge is -2.10. The van der Waals surface area contributed by atoms with Gasteiger partial charge in [0.05, 0.1) is 11.4 Å². The summed E-state index contributed by atoms with van der Waals surface area (Å²) in [5.41, 5.74) is 6.63. The zero-order valence-electron chi connectivity index (χ0n) is 13.8. The maximum absolute atomic E-state index is 12.0. The van der Waals surface area contributed by atoms with Crippen LogP contribution in [-0.2, 0) is 4.79 Å². The van der Waals surface area contributed by atoms with E-state index in [0.29, 0.717) is 22.0 Å². The highest BCUT2D eigenvalue weighted by Crippen LogP contribution is 2.23. The SMILES string of the molecule is O=C(CCl)NNC(=O)c1ccc(-n2[nH]c(=O)cc2-c2ccc(Cl)cc2)cc1. The van der Waals surface area contributed by atoms with Crippen LogP contribution in [0.3, 0.4) is 0 Å². The van der Waals surface area contributed by atoms with Gasteiger partial charge in [0.2, 0.25) is 0 Å². The van der Waals surface area contributed by atoms with Crippen molar-refractivity contribution < 1.29 is 9.59 Å². The van der Waals surface area contributed by atoms with Crippen LogP contribution >= 0.6 is 23.2 Å². The van der Waals surface area contributed by atoms with Crippen LogP contribution in [0.2, 0.25) is 5.02 Å². The Morgan fingerprint density at radius 2 is 1.67 bits per heavy atom. The average Bonchev–Trinajstić information content (AvgIpc) is 3.08. The third-order valence-corrected chi connectivity index (χ3v) is 4.19. The summed E-state index contributed by atoms with van der Waals surface area (Å²) in [5.74, 6) is -1.26. The van der Waals surface area contributed by atoms with Gasteiger partial charge in [0.15, 0.2) is 0 Å². The first kappa shape index (κ1) is 18.8. The van der Waals surface area contributed by atoms with Crippen LogP contribution in [0.25, 0.3) is 16.9 Å². The van der Waals surface area contributed by atoms with Gasteiger partial charge in [-0.2, -0.15) is 0 Å². The maximum Gasteiger partial charge on any atom is 0.269 e. The van der Waals surface area contributed by atoms with Crippen LogP contribution in [0.4, 0.5) is 0 Å². The quantitative estimate of drug-likeness (QED) is 0.460. The van der Waals surface area contributed by atoms with Crippen molar-refractivity contribution in [3.8, 4) is 16.9 Å². The number of halogens is 2. The first-order valence-corrected chi connectivity index (χ1v) is 8.73. The smallest absolute Gasteiger partial charge is 0.269 e. The molecule has 9 heteroatoms. The predicted molar refractivity (Wildman–Crippen MR) is 103 cm³/mol. The van der Waals surface area contributed by atoms with Crippen molar-refractivity contribution in [2.45, 2.75) is 0 Å². The number of H-pyrrole nitrogens is 1. The molecule has 0 aliphatic rings. The van der Waals surface area contributed by atoms with Crippen molar-refractivity contribution in [3.05, 3.63) is 75.5 Å². The van der Waals surface area contributed by atoms with E-state index < -0.39 is 11.8 Å². The molecule has 0 aliphatic heterocycles. The van der Waals surface area contributed by atoms with Gasteiger partial charge in [-0.3, -0.25) is 35.0 Å². The van der Waals surface area contributed by atoms with Gasteiger partial charge in [0.25, 0.3) is 17.4 Å². The summed E-state index contributed by atoms with van der Waals surface area (Å²) in [7, 11) is 0. The van der Waals surface area contributed by atoms with Crippen molar-refractivity contribution in [2.24, 2.45) is 0 Å². The van der Waals surface area contributed by atoms with Gasteiger partial charge in [-0.05, 0) is 36.4 Å². The number of carbonyl (C=O) groups is 2. The third-order valence-electron chi connectivity index (χ3n) is 3.70. The molecule has 3 rings (SSSR count). The minimum Gasteiger partial charge on any atom is -0.272 e. The Balaban J connectivity index is 1.86. The molecule has 3 aromatic rings. The Bertz CT molecular complexity index is 1020. The molecule has 2 amide bonds. The first-order chi connectivity index (χ1) is 13.0. The third kappa shape index (κ3) is 4.39. The van der Waals surface area contributed by atoms with Crippen molar-refractivity contribution in [3.63, 3.8) is 0 Å². The Morgan fingerprint density at radius 1 is 1.00 bits per heavy atom. The topological polar surface area (TPSA) is 96.0 Å². The standard InChI is InChI=1S/C18H14Cl2N4O3/c19-10-17(26)21-22-18(27)12-3-7-14(8-4-12)24-15(9-16(25)23-24)11-1-5-13(20)6-2-11/h1-9H,10H2,(H,21,26)(H,22,27)(H,23,25). The Hall–Kier alpha value is -3.03. The van der Waals surface area contributed by atoms with Crippen LogP contribution in [-0.4, -0.2) is 27.5 Å². The van der Waals surface area contributed by atoms with Gasteiger partial charge < -0.3 is 0 Å². The second-order valence-corrected chi connectivity index (χ2v) is 6.23. The highest BCUT2D eigenvalue weighted by atomic mass is 35.5. The molecule has 138 valence electrons. The number of aromatic amines is 1. The Morgan fingerprint density at radius 3 is 2.30 bits per heavy atom. The Kier molecular flexibility index (Phi) is 5.63. The van der Waals surface area contributed by atoms with Crippen LogP contribution < -0.4 is 16.4 Å². The lowest BCUT2D eigenvalue weighted by Crippen LogP contribution is -2.42. The van der Waals surface area contributed by atoms with E-state index >= 15 is 0 Å². The summed E-state index contributed by atoms with van der Waals surface area (Å²) in [6.07, 6.45) is 0. The molecule has 0 unspecified atom stereocenters. The highest BCUT2D eigenvalue weighted by molar-refractivity contribution is 6.30. The number of carbonyl (C=O) groups excluding carboxylic acids is 2. The summed E-state index contributed by atoms with van der Waals surface area (Å²) >= 11 is 11.3. The monoisotopic (exact) mass is 404 g/mol. The summed E-state index contributed by atoms with van der Waals surface area (Å²) < 4.78 is 1.61. The van der Waals surface area contributed by atoms with Crippen molar-refractivity contribution in [2.75, 3.05) is 5.88 Å². The minimum atomic E-state index is -0.515. The normalized spacial score (nSPS) is 10.4. The maximum atomic E-state index is 12.0. The molecule has 3 N–H and O–H groups in total. The van der Waals surface area contributed by atoms with Crippen LogP contribution in [0.15, 0.2) is 59.4 Å². The molecule has 0 saturated carbocycles. The molecule has 1 heterocycles. The predicted octanol–water partition coefficient (Wildman–Crippen LogP) is 2.49. The van der Waals surface area contributed by atoms with E-state index in [-0.39, 0.29) is 11.4 Å². The number of rotatable bonds is 4. The molecule has 1 aromatic heterocycles. The fraction of sp³-hybridized carbons (Fsp3) is 0.0556.